The van der Waals surface area contributed by atoms with E-state index in [1.165, 1.54) is 0 Å². The highest BCUT2D eigenvalue weighted by Gasteiger charge is 2.36. The summed E-state index contributed by atoms with van der Waals surface area (Å²) >= 11 is 0. The molecule has 1 fully saturated rings. The predicted octanol–water partition coefficient (Wildman–Crippen LogP) is 4.45. The normalized spacial score (nSPS) is 14.1. The quantitative estimate of drug-likeness (QED) is 0.457. The molecule has 9 heteroatoms. The highest BCUT2D eigenvalue weighted by atomic mass is 16.6. The zero-order chi connectivity index (χ0) is 24.6. The number of aromatic nitrogens is 4. The first-order valence-electron chi connectivity index (χ1n) is 11.5. The minimum atomic E-state index is -0.536. The number of carbonyl (C=O) groups is 1. The molecule has 0 aliphatic carbocycles. The maximum Gasteiger partial charge on any atom is 0.410 e. The van der Waals surface area contributed by atoms with Crippen LogP contribution in [0.3, 0.4) is 0 Å². The van der Waals surface area contributed by atoms with Gasteiger partial charge in [-0.1, -0.05) is 42.5 Å². The van der Waals surface area contributed by atoms with Crippen LogP contribution in [0.15, 0.2) is 60.7 Å². The van der Waals surface area contributed by atoms with Gasteiger partial charge in [-0.25, -0.2) is 4.79 Å². The fraction of sp³-hybridized carbons (Fsp3) is 0.308. The molecule has 4 aromatic rings. The number of benzene rings is 2. The van der Waals surface area contributed by atoms with E-state index >= 15 is 0 Å². The summed E-state index contributed by atoms with van der Waals surface area (Å²) in [4.78, 5) is 14.0. The molecule has 2 aromatic heterocycles. The lowest BCUT2D eigenvalue weighted by molar-refractivity contribution is 0.000201. The van der Waals surface area contributed by atoms with Crippen LogP contribution in [-0.4, -0.2) is 49.7 Å². The molecule has 5 rings (SSSR count). The molecule has 1 aliphatic rings. The minimum absolute atomic E-state index is 0.0241. The van der Waals surface area contributed by atoms with Crippen molar-refractivity contribution in [2.24, 2.45) is 0 Å². The summed E-state index contributed by atoms with van der Waals surface area (Å²) < 4.78 is 13.4. The van der Waals surface area contributed by atoms with Gasteiger partial charge in [0.2, 0.25) is 0 Å². The van der Waals surface area contributed by atoms with Gasteiger partial charge in [0, 0.05) is 18.7 Å². The van der Waals surface area contributed by atoms with Crippen molar-refractivity contribution in [1.29, 1.82) is 0 Å². The van der Waals surface area contributed by atoms with Gasteiger partial charge in [-0.3, -0.25) is 4.68 Å². The van der Waals surface area contributed by atoms with Gasteiger partial charge in [0.15, 0.2) is 11.3 Å². The van der Waals surface area contributed by atoms with Crippen LogP contribution in [0.2, 0.25) is 0 Å². The zero-order valence-electron chi connectivity index (χ0n) is 20.0. The summed E-state index contributed by atoms with van der Waals surface area (Å²) in [6.45, 7) is 6.97. The Balaban J connectivity index is 1.39. The molecule has 2 aromatic carbocycles. The summed E-state index contributed by atoms with van der Waals surface area (Å²) in [6, 6.07) is 19.6. The molecule has 0 atom stereocenters. The first kappa shape index (κ1) is 22.6. The summed E-state index contributed by atoms with van der Waals surface area (Å²) in [5.41, 5.74) is 9.46. The fourth-order valence-corrected chi connectivity index (χ4v) is 3.99. The number of carbonyl (C=O) groups excluding carboxylic acids is 1. The van der Waals surface area contributed by atoms with Crippen LogP contribution in [0.5, 0.6) is 5.75 Å². The Bertz CT molecular complexity index is 1360. The number of amides is 1. The van der Waals surface area contributed by atoms with Gasteiger partial charge >= 0.3 is 6.09 Å². The number of rotatable bonds is 5. The van der Waals surface area contributed by atoms with E-state index in [0.29, 0.717) is 42.5 Å². The number of anilines is 1. The number of hydrogen-bond acceptors (Lipinski definition) is 7. The van der Waals surface area contributed by atoms with Crippen molar-refractivity contribution in [3.8, 4) is 17.0 Å². The third-order valence-corrected chi connectivity index (χ3v) is 5.74. The van der Waals surface area contributed by atoms with Crippen molar-refractivity contribution in [1.82, 2.24) is 24.9 Å². The average molecular weight is 473 g/mol. The van der Waals surface area contributed by atoms with Gasteiger partial charge in [-0.15, -0.1) is 10.2 Å². The molecule has 9 nitrogen and oxygen atoms in total. The van der Waals surface area contributed by atoms with Crippen molar-refractivity contribution >= 4 is 22.9 Å². The van der Waals surface area contributed by atoms with Crippen molar-refractivity contribution in [2.45, 2.75) is 39.0 Å². The molecule has 0 radical (unpaired) electrons. The third kappa shape index (κ3) is 4.75. The smallest absolute Gasteiger partial charge is 0.410 e. The molecule has 0 bridgehead atoms. The topological polar surface area (TPSA) is 108 Å². The summed E-state index contributed by atoms with van der Waals surface area (Å²) in [7, 11) is 0. The second-order valence-electron chi connectivity index (χ2n) is 9.60. The van der Waals surface area contributed by atoms with Gasteiger partial charge in [0.05, 0.1) is 17.3 Å². The van der Waals surface area contributed by atoms with Crippen LogP contribution in [0, 0.1) is 0 Å². The van der Waals surface area contributed by atoms with E-state index in [-0.39, 0.29) is 12.1 Å². The van der Waals surface area contributed by atoms with Crippen LogP contribution >= 0.6 is 0 Å². The lowest BCUT2D eigenvalue weighted by atomic mass is 10.1. The number of fused-ring (bicyclic) bond motifs is 1. The Morgan fingerprint density at radius 1 is 1.06 bits per heavy atom. The Hall–Kier alpha value is -4.14. The summed E-state index contributed by atoms with van der Waals surface area (Å²) in [6.07, 6.45) is -0.330. The largest absolute Gasteiger partial charge is 0.488 e. The van der Waals surface area contributed by atoms with Crippen molar-refractivity contribution in [2.75, 3.05) is 18.8 Å². The van der Waals surface area contributed by atoms with E-state index in [0.717, 1.165) is 16.6 Å². The second kappa shape index (κ2) is 8.90. The second-order valence-corrected chi connectivity index (χ2v) is 9.60. The van der Waals surface area contributed by atoms with Crippen LogP contribution in [0.25, 0.3) is 22.3 Å². The Morgan fingerprint density at radius 2 is 1.77 bits per heavy atom. The molecule has 3 heterocycles. The number of hydrogen-bond donors (Lipinski definition) is 1. The third-order valence-electron chi connectivity index (χ3n) is 5.74. The molecule has 0 unspecified atom stereocenters. The highest BCUT2D eigenvalue weighted by molar-refractivity contribution is 5.87. The first-order chi connectivity index (χ1) is 16.8. The molecule has 180 valence electrons. The first-order valence-corrected chi connectivity index (χ1v) is 11.5. The standard InChI is InChI=1S/C26H28N6O3/c1-26(2,3)35-25(33)31-14-18(15-31)32-21-13-20(28-29-23(21)24(27)30-32)19-11-7-8-12-22(19)34-16-17-9-5-4-6-10-17/h4-13,18H,14-16H2,1-3H3,(H2,27,30). The number of likely N-dealkylation sites (tertiary alicyclic amines) is 1. The maximum atomic E-state index is 12.3. The van der Waals surface area contributed by atoms with Crippen LogP contribution in [-0.2, 0) is 11.3 Å². The maximum absolute atomic E-state index is 12.3. The Morgan fingerprint density at radius 3 is 2.51 bits per heavy atom. The van der Waals surface area contributed by atoms with Gasteiger partial charge < -0.3 is 20.1 Å². The minimum Gasteiger partial charge on any atom is -0.488 e. The molecule has 1 aliphatic heterocycles. The lowest BCUT2D eigenvalue weighted by Gasteiger charge is -2.39. The highest BCUT2D eigenvalue weighted by Crippen LogP contribution is 2.33. The van der Waals surface area contributed by atoms with Gasteiger partial charge in [-0.2, -0.15) is 5.10 Å². The molecule has 0 saturated carbocycles. The number of ether oxygens (including phenoxy) is 2. The average Bonchev–Trinajstić information content (AvgIpc) is 3.12. The van der Waals surface area contributed by atoms with E-state index in [1.807, 2.05) is 86.1 Å². The predicted molar refractivity (Wildman–Crippen MR) is 133 cm³/mol. The van der Waals surface area contributed by atoms with E-state index in [9.17, 15) is 4.79 Å². The molecule has 1 amide bonds. The molecule has 2 N–H and O–H groups in total. The monoisotopic (exact) mass is 472 g/mol. The van der Waals surface area contributed by atoms with Gasteiger partial charge in [0.1, 0.15) is 18.0 Å². The molecular weight excluding hydrogens is 444 g/mol. The summed E-state index contributed by atoms with van der Waals surface area (Å²) in [5, 5.41) is 13.3. The Kier molecular flexibility index (Phi) is 5.76. The van der Waals surface area contributed by atoms with Crippen molar-refractivity contribution < 1.29 is 14.3 Å². The number of nitrogens with two attached hydrogens (primary N) is 1. The van der Waals surface area contributed by atoms with E-state index in [4.69, 9.17) is 15.2 Å². The van der Waals surface area contributed by atoms with Crippen molar-refractivity contribution in [3.63, 3.8) is 0 Å². The molecular formula is C26H28N6O3. The van der Waals surface area contributed by atoms with Crippen LogP contribution < -0.4 is 10.5 Å². The number of nitrogen functional groups attached to an aromatic ring is 1. The van der Waals surface area contributed by atoms with Gasteiger partial charge in [0.25, 0.3) is 0 Å². The lowest BCUT2D eigenvalue weighted by Crippen LogP contribution is -2.52. The molecule has 1 saturated heterocycles. The molecule has 35 heavy (non-hydrogen) atoms. The van der Waals surface area contributed by atoms with Gasteiger partial charge in [-0.05, 0) is 44.5 Å². The summed E-state index contributed by atoms with van der Waals surface area (Å²) in [5.74, 6) is 1.02. The van der Waals surface area contributed by atoms with Crippen LogP contribution in [0.4, 0.5) is 10.6 Å². The zero-order valence-corrected chi connectivity index (χ0v) is 20.0. The van der Waals surface area contributed by atoms with E-state index in [2.05, 4.69) is 15.3 Å². The van der Waals surface area contributed by atoms with E-state index < -0.39 is 5.60 Å². The molecule has 0 spiro atoms. The van der Waals surface area contributed by atoms with Crippen molar-refractivity contribution in [3.05, 3.63) is 66.2 Å². The number of nitrogens with zero attached hydrogens (tertiary/aromatic N) is 5. The Labute approximate surface area is 203 Å². The SMILES string of the molecule is CC(C)(C)OC(=O)N1CC(n2nc(N)c3nnc(-c4ccccc4OCc4ccccc4)cc32)C1. The van der Waals surface area contributed by atoms with E-state index in [1.54, 1.807) is 4.90 Å². The number of para-hydroxylation sites is 1. The van der Waals surface area contributed by atoms with Crippen LogP contribution in [0.1, 0.15) is 32.4 Å². The fourth-order valence-electron chi connectivity index (χ4n) is 3.99.